The van der Waals surface area contributed by atoms with E-state index >= 15 is 0 Å². The van der Waals surface area contributed by atoms with Crippen molar-refractivity contribution in [2.75, 3.05) is 18.9 Å². The first-order valence-electron chi connectivity index (χ1n) is 5.69. The molecule has 0 aliphatic carbocycles. The van der Waals surface area contributed by atoms with Crippen LogP contribution in [-0.2, 0) is 4.79 Å². The van der Waals surface area contributed by atoms with Crippen LogP contribution in [0.25, 0.3) is 0 Å². The van der Waals surface area contributed by atoms with Gasteiger partial charge in [0.05, 0.1) is 12.4 Å². The van der Waals surface area contributed by atoms with E-state index in [4.69, 9.17) is 5.73 Å². The Morgan fingerprint density at radius 3 is 2.78 bits per heavy atom. The molecule has 0 fully saturated rings. The van der Waals surface area contributed by atoms with Gasteiger partial charge in [0.1, 0.15) is 11.5 Å². The van der Waals surface area contributed by atoms with E-state index in [9.17, 15) is 9.59 Å². The van der Waals surface area contributed by atoms with Crippen molar-refractivity contribution in [3.05, 3.63) is 18.1 Å². The van der Waals surface area contributed by atoms with E-state index in [1.165, 1.54) is 12.4 Å². The number of aromatic nitrogens is 2. The smallest absolute Gasteiger partial charge is 0.271 e. The second-order valence-corrected chi connectivity index (χ2v) is 3.72. The Labute approximate surface area is 105 Å². The molecule has 1 aromatic heterocycles. The van der Waals surface area contributed by atoms with Crippen LogP contribution < -0.4 is 16.4 Å². The molecule has 0 saturated heterocycles. The van der Waals surface area contributed by atoms with Gasteiger partial charge in [-0.1, -0.05) is 0 Å². The summed E-state index contributed by atoms with van der Waals surface area (Å²) in [6.07, 6.45) is 4.64. The molecule has 0 spiro atoms. The molecule has 0 radical (unpaired) electrons. The summed E-state index contributed by atoms with van der Waals surface area (Å²) in [7, 11) is 1.70. The molecule has 7 heteroatoms. The standard InChI is InChI=1S/C11H17N5O2/c1-13-10-7-14-6-8(16-10)11(18)15-5-3-2-4-9(12)17/h6-7H,2-5H2,1H3,(H2,12,17)(H,13,16)(H,15,18). The monoisotopic (exact) mass is 251 g/mol. The van der Waals surface area contributed by atoms with Crippen molar-refractivity contribution in [2.24, 2.45) is 5.73 Å². The van der Waals surface area contributed by atoms with Crippen molar-refractivity contribution in [1.82, 2.24) is 15.3 Å². The minimum absolute atomic E-state index is 0.261. The van der Waals surface area contributed by atoms with Crippen LogP contribution in [0.1, 0.15) is 29.8 Å². The van der Waals surface area contributed by atoms with Gasteiger partial charge in [0.2, 0.25) is 5.91 Å². The zero-order valence-corrected chi connectivity index (χ0v) is 10.3. The van der Waals surface area contributed by atoms with Crippen LogP contribution in [0.3, 0.4) is 0 Å². The number of nitrogens with two attached hydrogens (primary N) is 1. The largest absolute Gasteiger partial charge is 0.372 e. The molecule has 0 bridgehead atoms. The average molecular weight is 251 g/mol. The van der Waals surface area contributed by atoms with E-state index in [2.05, 4.69) is 20.6 Å². The number of carbonyl (C=O) groups is 2. The number of primary amides is 1. The maximum absolute atomic E-state index is 11.7. The highest BCUT2D eigenvalue weighted by Gasteiger charge is 2.07. The molecule has 4 N–H and O–H groups in total. The number of nitrogens with one attached hydrogen (secondary N) is 2. The summed E-state index contributed by atoms with van der Waals surface area (Å²) in [5.41, 5.74) is 5.27. The fourth-order valence-corrected chi connectivity index (χ4v) is 1.31. The van der Waals surface area contributed by atoms with Gasteiger partial charge in [-0.25, -0.2) is 4.98 Å². The Kier molecular flexibility index (Phi) is 5.56. The normalized spacial score (nSPS) is 9.83. The Hall–Kier alpha value is -2.18. The summed E-state index contributed by atoms with van der Waals surface area (Å²) in [5, 5.41) is 5.51. The molecule has 1 aromatic rings. The van der Waals surface area contributed by atoms with E-state index in [0.717, 1.165) is 0 Å². The topological polar surface area (TPSA) is 110 Å². The highest BCUT2D eigenvalue weighted by molar-refractivity contribution is 5.92. The van der Waals surface area contributed by atoms with E-state index in [1.807, 2.05) is 0 Å². The summed E-state index contributed by atoms with van der Waals surface area (Å²) in [4.78, 5) is 30.1. The molecule has 1 heterocycles. The van der Waals surface area contributed by atoms with Gasteiger partial charge in [-0.2, -0.15) is 0 Å². The molecule has 2 amide bonds. The summed E-state index contributed by atoms with van der Waals surface area (Å²) in [6.45, 7) is 0.484. The van der Waals surface area contributed by atoms with Crippen LogP contribution in [0.5, 0.6) is 0 Å². The van der Waals surface area contributed by atoms with Gasteiger partial charge in [-0.3, -0.25) is 14.6 Å². The molecule has 0 saturated carbocycles. The van der Waals surface area contributed by atoms with E-state index < -0.39 is 0 Å². The molecule has 0 unspecified atom stereocenters. The number of rotatable bonds is 7. The predicted molar refractivity (Wildman–Crippen MR) is 67.0 cm³/mol. The van der Waals surface area contributed by atoms with Crippen LogP contribution in [0.2, 0.25) is 0 Å². The third-order valence-electron chi connectivity index (χ3n) is 2.26. The van der Waals surface area contributed by atoms with Crippen molar-refractivity contribution >= 4 is 17.6 Å². The number of amides is 2. The van der Waals surface area contributed by atoms with Crippen LogP contribution in [-0.4, -0.2) is 35.4 Å². The maximum Gasteiger partial charge on any atom is 0.271 e. The van der Waals surface area contributed by atoms with Crippen molar-refractivity contribution in [3.63, 3.8) is 0 Å². The number of unbranched alkanes of at least 4 members (excludes halogenated alkanes) is 1. The lowest BCUT2D eigenvalue weighted by Crippen LogP contribution is -2.26. The van der Waals surface area contributed by atoms with Crippen molar-refractivity contribution in [1.29, 1.82) is 0 Å². The van der Waals surface area contributed by atoms with Gasteiger partial charge in [-0.05, 0) is 12.8 Å². The fraction of sp³-hybridized carbons (Fsp3) is 0.455. The molecular weight excluding hydrogens is 234 g/mol. The Balaban J connectivity index is 2.33. The van der Waals surface area contributed by atoms with Crippen LogP contribution in [0.4, 0.5) is 5.82 Å². The van der Waals surface area contributed by atoms with Crippen LogP contribution in [0, 0.1) is 0 Å². The molecular formula is C11H17N5O2. The Morgan fingerprint density at radius 1 is 1.33 bits per heavy atom. The zero-order chi connectivity index (χ0) is 13.4. The van der Waals surface area contributed by atoms with Crippen LogP contribution >= 0.6 is 0 Å². The van der Waals surface area contributed by atoms with Gasteiger partial charge in [0.15, 0.2) is 0 Å². The molecule has 0 aliphatic rings. The Bertz CT molecular complexity index is 422. The van der Waals surface area contributed by atoms with Gasteiger partial charge in [0.25, 0.3) is 5.91 Å². The summed E-state index contributed by atoms with van der Waals surface area (Å²) < 4.78 is 0. The fourth-order valence-electron chi connectivity index (χ4n) is 1.31. The lowest BCUT2D eigenvalue weighted by Gasteiger charge is -2.05. The average Bonchev–Trinajstić information content (AvgIpc) is 2.37. The molecule has 7 nitrogen and oxygen atoms in total. The number of anilines is 1. The minimum Gasteiger partial charge on any atom is -0.372 e. The van der Waals surface area contributed by atoms with Gasteiger partial charge in [-0.15, -0.1) is 0 Å². The van der Waals surface area contributed by atoms with Crippen LogP contribution in [0.15, 0.2) is 12.4 Å². The second kappa shape index (κ2) is 7.21. The minimum atomic E-state index is -0.325. The first-order chi connectivity index (χ1) is 8.63. The van der Waals surface area contributed by atoms with Crippen molar-refractivity contribution < 1.29 is 9.59 Å². The maximum atomic E-state index is 11.7. The van der Waals surface area contributed by atoms with Gasteiger partial charge in [0, 0.05) is 20.0 Å². The quantitative estimate of drug-likeness (QED) is 0.586. The highest BCUT2D eigenvalue weighted by atomic mass is 16.2. The third kappa shape index (κ3) is 4.77. The third-order valence-corrected chi connectivity index (χ3v) is 2.26. The summed E-state index contributed by atoms with van der Waals surface area (Å²) in [6, 6.07) is 0. The lowest BCUT2D eigenvalue weighted by atomic mass is 10.2. The number of hydrogen-bond donors (Lipinski definition) is 3. The molecule has 98 valence electrons. The summed E-state index contributed by atoms with van der Waals surface area (Å²) >= 11 is 0. The molecule has 0 aromatic carbocycles. The van der Waals surface area contributed by atoms with E-state index in [-0.39, 0.29) is 17.5 Å². The predicted octanol–water partition coefficient (Wildman–Crippen LogP) is -0.0963. The molecule has 0 aliphatic heterocycles. The first-order valence-corrected chi connectivity index (χ1v) is 5.69. The second-order valence-electron chi connectivity index (χ2n) is 3.72. The zero-order valence-electron chi connectivity index (χ0n) is 10.3. The lowest BCUT2D eigenvalue weighted by molar-refractivity contribution is -0.118. The Morgan fingerprint density at radius 2 is 2.11 bits per heavy atom. The molecule has 18 heavy (non-hydrogen) atoms. The highest BCUT2D eigenvalue weighted by Crippen LogP contribution is 2.00. The number of hydrogen-bond acceptors (Lipinski definition) is 5. The van der Waals surface area contributed by atoms with Crippen molar-refractivity contribution in [3.8, 4) is 0 Å². The first kappa shape index (κ1) is 13.9. The number of carbonyl (C=O) groups excluding carboxylic acids is 2. The SMILES string of the molecule is CNc1cncc(C(=O)NCCCCC(N)=O)n1. The van der Waals surface area contributed by atoms with Gasteiger partial charge >= 0.3 is 0 Å². The molecule has 0 atom stereocenters. The van der Waals surface area contributed by atoms with Crippen molar-refractivity contribution in [2.45, 2.75) is 19.3 Å². The molecule has 1 rings (SSSR count). The van der Waals surface area contributed by atoms with E-state index in [1.54, 1.807) is 7.05 Å². The van der Waals surface area contributed by atoms with E-state index in [0.29, 0.717) is 31.6 Å². The summed E-state index contributed by atoms with van der Waals surface area (Å²) in [5.74, 6) is -0.0658. The van der Waals surface area contributed by atoms with Gasteiger partial charge < -0.3 is 16.4 Å². The number of nitrogens with zero attached hydrogens (tertiary/aromatic N) is 2.